The summed E-state index contributed by atoms with van der Waals surface area (Å²) in [6, 6.07) is 6.86. The third kappa shape index (κ3) is 5.20. The van der Waals surface area contributed by atoms with E-state index in [4.69, 9.17) is 22.1 Å². The van der Waals surface area contributed by atoms with Crippen molar-refractivity contribution in [2.24, 2.45) is 5.73 Å². The molecule has 0 saturated carbocycles. The Bertz CT molecular complexity index is 368. The van der Waals surface area contributed by atoms with E-state index in [9.17, 15) is 4.79 Å². The van der Waals surface area contributed by atoms with Gasteiger partial charge in [-0.3, -0.25) is 4.79 Å². The Morgan fingerprint density at radius 2 is 2.29 bits per heavy atom. The normalized spacial score (nSPS) is 12.2. The molecule has 0 radical (unpaired) electrons. The highest BCUT2D eigenvalue weighted by molar-refractivity contribution is 6.30. The molecule has 4 heteroatoms. The van der Waals surface area contributed by atoms with Crippen LogP contribution in [0.2, 0.25) is 5.02 Å². The van der Waals surface area contributed by atoms with Crippen LogP contribution in [-0.2, 0) is 9.53 Å². The number of halogens is 1. The van der Waals surface area contributed by atoms with Crippen LogP contribution < -0.4 is 5.73 Å². The molecule has 17 heavy (non-hydrogen) atoms. The summed E-state index contributed by atoms with van der Waals surface area (Å²) in [5, 5.41) is 0.623. The van der Waals surface area contributed by atoms with Gasteiger partial charge >= 0.3 is 5.97 Å². The van der Waals surface area contributed by atoms with Crippen LogP contribution in [0.25, 0.3) is 0 Å². The van der Waals surface area contributed by atoms with Crippen LogP contribution >= 0.6 is 11.6 Å². The zero-order valence-electron chi connectivity index (χ0n) is 9.99. The molecule has 0 aliphatic heterocycles. The van der Waals surface area contributed by atoms with Crippen LogP contribution in [0.4, 0.5) is 0 Å². The van der Waals surface area contributed by atoms with Gasteiger partial charge in [0, 0.05) is 11.1 Å². The fourth-order valence-electron chi connectivity index (χ4n) is 1.42. The molecule has 0 heterocycles. The van der Waals surface area contributed by atoms with Crippen molar-refractivity contribution in [2.75, 3.05) is 6.61 Å². The number of esters is 1. The molecule has 0 aromatic heterocycles. The Kier molecular flexibility index (Phi) is 6.01. The highest BCUT2D eigenvalue weighted by atomic mass is 35.5. The lowest BCUT2D eigenvalue weighted by atomic mass is 10.1. The summed E-state index contributed by atoms with van der Waals surface area (Å²) in [7, 11) is 0. The molecule has 0 saturated heterocycles. The Hall–Kier alpha value is -1.06. The highest BCUT2D eigenvalue weighted by Crippen LogP contribution is 2.18. The minimum absolute atomic E-state index is 0.185. The average Bonchev–Trinajstić information content (AvgIpc) is 2.29. The first kappa shape index (κ1) is 14.0. The Balaban J connectivity index is 2.43. The third-order valence-electron chi connectivity index (χ3n) is 2.42. The van der Waals surface area contributed by atoms with Crippen molar-refractivity contribution in [1.29, 1.82) is 0 Å². The molecule has 2 N–H and O–H groups in total. The van der Waals surface area contributed by atoms with Crippen molar-refractivity contribution >= 4 is 17.6 Å². The number of ether oxygens (including phenoxy) is 1. The predicted molar refractivity (Wildman–Crippen MR) is 68.9 cm³/mol. The van der Waals surface area contributed by atoms with Gasteiger partial charge in [0.15, 0.2) is 0 Å². The Morgan fingerprint density at radius 3 is 2.94 bits per heavy atom. The first-order valence-corrected chi connectivity index (χ1v) is 6.18. The second-order valence-electron chi connectivity index (χ2n) is 3.94. The summed E-state index contributed by atoms with van der Waals surface area (Å²) in [4.78, 5) is 11.5. The van der Waals surface area contributed by atoms with Crippen molar-refractivity contribution in [3.05, 3.63) is 34.9 Å². The van der Waals surface area contributed by atoms with Crippen LogP contribution in [0, 0.1) is 0 Å². The van der Waals surface area contributed by atoms with Gasteiger partial charge in [-0.05, 0) is 24.1 Å². The minimum atomic E-state index is -0.358. The third-order valence-corrected chi connectivity index (χ3v) is 2.66. The maximum Gasteiger partial charge on any atom is 0.307 e. The first-order valence-electron chi connectivity index (χ1n) is 5.80. The molecule has 0 aliphatic rings. The van der Waals surface area contributed by atoms with Crippen molar-refractivity contribution in [1.82, 2.24) is 0 Å². The number of hydrogen-bond acceptors (Lipinski definition) is 3. The summed E-state index contributed by atoms with van der Waals surface area (Å²) in [5.74, 6) is -0.258. The van der Waals surface area contributed by atoms with E-state index < -0.39 is 0 Å². The van der Waals surface area contributed by atoms with Gasteiger partial charge in [0.2, 0.25) is 0 Å². The van der Waals surface area contributed by atoms with Gasteiger partial charge in [-0.1, -0.05) is 37.1 Å². The number of carbonyl (C=O) groups is 1. The number of carbonyl (C=O) groups excluding carboxylic acids is 1. The maximum absolute atomic E-state index is 11.5. The smallest absolute Gasteiger partial charge is 0.307 e. The van der Waals surface area contributed by atoms with E-state index >= 15 is 0 Å². The molecule has 0 aliphatic carbocycles. The van der Waals surface area contributed by atoms with E-state index in [0.717, 1.165) is 18.4 Å². The van der Waals surface area contributed by atoms with Crippen molar-refractivity contribution in [3.63, 3.8) is 0 Å². The zero-order chi connectivity index (χ0) is 12.7. The molecule has 3 nitrogen and oxygen atoms in total. The molecule has 94 valence electrons. The van der Waals surface area contributed by atoms with Gasteiger partial charge in [-0.2, -0.15) is 0 Å². The van der Waals surface area contributed by atoms with Gasteiger partial charge in [0.1, 0.15) is 0 Å². The molecule has 0 fully saturated rings. The number of rotatable bonds is 6. The average molecular weight is 256 g/mol. The molecule has 1 atom stereocenters. The van der Waals surface area contributed by atoms with E-state index in [1.54, 1.807) is 12.1 Å². The molecule has 1 aromatic rings. The topological polar surface area (TPSA) is 52.3 Å². The number of unbranched alkanes of at least 4 members (excludes halogenated alkanes) is 1. The van der Waals surface area contributed by atoms with E-state index in [0.29, 0.717) is 11.6 Å². The SMILES string of the molecule is CCCCOC(=O)CC(N)c1cccc(Cl)c1. The van der Waals surface area contributed by atoms with Crippen molar-refractivity contribution in [3.8, 4) is 0 Å². The van der Waals surface area contributed by atoms with Crippen LogP contribution in [0.3, 0.4) is 0 Å². The Morgan fingerprint density at radius 1 is 1.53 bits per heavy atom. The lowest BCUT2D eigenvalue weighted by Gasteiger charge is -2.11. The van der Waals surface area contributed by atoms with Crippen LogP contribution in [0.15, 0.2) is 24.3 Å². The van der Waals surface area contributed by atoms with Gasteiger partial charge in [-0.15, -0.1) is 0 Å². The highest BCUT2D eigenvalue weighted by Gasteiger charge is 2.12. The quantitative estimate of drug-likeness (QED) is 0.628. The molecule has 0 amide bonds. The van der Waals surface area contributed by atoms with Crippen molar-refractivity contribution < 1.29 is 9.53 Å². The largest absolute Gasteiger partial charge is 0.466 e. The maximum atomic E-state index is 11.5. The predicted octanol–water partition coefficient (Wildman–Crippen LogP) is 3.07. The number of hydrogen-bond donors (Lipinski definition) is 1. The number of nitrogens with two attached hydrogens (primary N) is 1. The second-order valence-corrected chi connectivity index (χ2v) is 4.38. The summed E-state index contributed by atoms with van der Waals surface area (Å²) in [6.07, 6.45) is 2.08. The zero-order valence-corrected chi connectivity index (χ0v) is 10.7. The van der Waals surface area contributed by atoms with Gasteiger partial charge in [-0.25, -0.2) is 0 Å². The van der Waals surface area contributed by atoms with E-state index in [2.05, 4.69) is 0 Å². The van der Waals surface area contributed by atoms with Gasteiger partial charge in [0.25, 0.3) is 0 Å². The molecule has 1 rings (SSSR count). The summed E-state index contributed by atoms with van der Waals surface area (Å²) < 4.78 is 5.05. The lowest BCUT2D eigenvalue weighted by Crippen LogP contribution is -2.17. The minimum Gasteiger partial charge on any atom is -0.466 e. The van der Waals surface area contributed by atoms with Crippen molar-refractivity contribution in [2.45, 2.75) is 32.2 Å². The molecular formula is C13H18ClNO2. The molecule has 1 unspecified atom stereocenters. The number of benzene rings is 1. The van der Waals surface area contributed by atoms with Gasteiger partial charge < -0.3 is 10.5 Å². The lowest BCUT2D eigenvalue weighted by molar-refractivity contribution is -0.144. The molecule has 0 spiro atoms. The van der Waals surface area contributed by atoms with E-state index in [1.807, 2.05) is 19.1 Å². The Labute approximate surface area is 107 Å². The second kappa shape index (κ2) is 7.30. The van der Waals surface area contributed by atoms with Crippen LogP contribution in [-0.4, -0.2) is 12.6 Å². The summed E-state index contributed by atoms with van der Waals surface area (Å²) in [5.41, 5.74) is 6.76. The van der Waals surface area contributed by atoms with E-state index in [1.165, 1.54) is 0 Å². The fourth-order valence-corrected chi connectivity index (χ4v) is 1.62. The molecule has 0 bridgehead atoms. The molecule has 1 aromatic carbocycles. The van der Waals surface area contributed by atoms with Gasteiger partial charge in [0.05, 0.1) is 13.0 Å². The van der Waals surface area contributed by atoms with E-state index in [-0.39, 0.29) is 18.4 Å². The first-order chi connectivity index (χ1) is 8.13. The standard InChI is InChI=1S/C13H18ClNO2/c1-2-3-7-17-13(16)9-12(15)10-5-4-6-11(14)8-10/h4-6,8,12H,2-3,7,9,15H2,1H3. The van der Waals surface area contributed by atoms with Crippen LogP contribution in [0.1, 0.15) is 37.8 Å². The van der Waals surface area contributed by atoms with Crippen LogP contribution in [0.5, 0.6) is 0 Å². The monoisotopic (exact) mass is 255 g/mol. The molecular weight excluding hydrogens is 238 g/mol. The fraction of sp³-hybridized carbons (Fsp3) is 0.462. The summed E-state index contributed by atoms with van der Waals surface area (Å²) >= 11 is 5.86. The summed E-state index contributed by atoms with van der Waals surface area (Å²) in [6.45, 7) is 2.52.